The molecule has 1 saturated heterocycles. The van der Waals surface area contributed by atoms with Gasteiger partial charge in [-0.15, -0.1) is 0 Å². The zero-order chi connectivity index (χ0) is 13.1. The number of hydrogen-bond acceptors (Lipinski definition) is 5. The highest BCUT2D eigenvalue weighted by molar-refractivity contribution is 6.40. The van der Waals surface area contributed by atoms with Crippen molar-refractivity contribution in [2.45, 2.75) is 45.0 Å². The molecule has 0 aliphatic carbocycles. The molecular weight excluding hydrogens is 219 g/mol. The maximum Gasteiger partial charge on any atom is 0.451 e. The molecule has 102 valence electrons. The normalized spacial score (nSPS) is 17.5. The Morgan fingerprint density at radius 3 is 2.24 bits per heavy atom. The third-order valence-electron chi connectivity index (χ3n) is 2.82. The number of piperidine rings is 1. The number of aliphatic hydroxyl groups is 1. The lowest BCUT2D eigenvalue weighted by Crippen LogP contribution is -2.38. The van der Waals surface area contributed by atoms with Crippen molar-refractivity contribution in [3.05, 3.63) is 0 Å². The average Bonchev–Trinajstić information content (AvgIpc) is 2.31. The Kier molecular flexibility index (Phi) is 10.9. The van der Waals surface area contributed by atoms with Gasteiger partial charge in [0.05, 0.1) is 6.10 Å². The monoisotopic (exact) mass is 246 g/mol. The second-order valence-corrected chi connectivity index (χ2v) is 4.48. The second-order valence-electron chi connectivity index (χ2n) is 4.48. The molecule has 0 aromatic carbocycles. The molecule has 5 nitrogen and oxygen atoms in total. The molecule has 0 amide bonds. The van der Waals surface area contributed by atoms with Crippen LogP contribution in [0.4, 0.5) is 0 Å². The van der Waals surface area contributed by atoms with Crippen molar-refractivity contribution < 1.29 is 15.2 Å². The van der Waals surface area contributed by atoms with Crippen LogP contribution in [0, 0.1) is 0 Å². The molecule has 17 heavy (non-hydrogen) atoms. The lowest BCUT2D eigenvalue weighted by molar-refractivity contribution is 0.0841. The summed E-state index contributed by atoms with van der Waals surface area (Å²) in [6, 6.07) is 0. The van der Waals surface area contributed by atoms with Gasteiger partial charge in [0.25, 0.3) is 0 Å². The van der Waals surface area contributed by atoms with E-state index in [4.69, 9.17) is 20.9 Å². The molecule has 0 aromatic heterocycles. The van der Waals surface area contributed by atoms with E-state index in [1.54, 1.807) is 0 Å². The highest BCUT2D eigenvalue weighted by atomic mass is 16.4. The SMILES string of the molecule is CCCCB(O)O.NCCN1CCC(O)CC1. The van der Waals surface area contributed by atoms with Crippen molar-refractivity contribution in [2.75, 3.05) is 26.2 Å². The van der Waals surface area contributed by atoms with E-state index < -0.39 is 7.12 Å². The minimum absolute atomic E-state index is 0.0611. The van der Waals surface area contributed by atoms with E-state index in [-0.39, 0.29) is 6.10 Å². The maximum atomic E-state index is 9.14. The first-order chi connectivity index (χ1) is 8.10. The summed E-state index contributed by atoms with van der Waals surface area (Å²) in [7, 11) is -1.10. The van der Waals surface area contributed by atoms with Crippen LogP contribution in [0.25, 0.3) is 0 Å². The van der Waals surface area contributed by atoms with Crippen molar-refractivity contribution in [3.8, 4) is 0 Å². The van der Waals surface area contributed by atoms with Gasteiger partial charge in [-0.25, -0.2) is 0 Å². The van der Waals surface area contributed by atoms with Gasteiger partial charge in [0.15, 0.2) is 0 Å². The number of hydrogen-bond donors (Lipinski definition) is 4. The Hall–Kier alpha value is -0.135. The summed E-state index contributed by atoms with van der Waals surface area (Å²) in [4.78, 5) is 2.30. The molecule has 0 radical (unpaired) electrons. The largest absolute Gasteiger partial charge is 0.451 e. The van der Waals surface area contributed by atoms with Crippen molar-refractivity contribution in [2.24, 2.45) is 5.73 Å². The smallest absolute Gasteiger partial charge is 0.427 e. The van der Waals surface area contributed by atoms with Crippen LogP contribution >= 0.6 is 0 Å². The molecule has 1 rings (SSSR count). The third-order valence-corrected chi connectivity index (χ3v) is 2.82. The molecule has 0 atom stereocenters. The van der Waals surface area contributed by atoms with Crippen LogP contribution in [0.2, 0.25) is 6.32 Å². The van der Waals surface area contributed by atoms with Gasteiger partial charge in [-0.3, -0.25) is 0 Å². The molecule has 6 heteroatoms. The van der Waals surface area contributed by atoms with Crippen molar-refractivity contribution >= 4 is 7.12 Å². The second kappa shape index (κ2) is 11.0. The molecule has 0 spiro atoms. The number of rotatable bonds is 5. The minimum Gasteiger partial charge on any atom is -0.427 e. The maximum absolute atomic E-state index is 9.14. The Bertz CT molecular complexity index is 165. The first kappa shape index (κ1) is 16.9. The number of unbranched alkanes of at least 4 members (excludes halogenated alkanes) is 1. The van der Waals surface area contributed by atoms with Gasteiger partial charge in [0.2, 0.25) is 0 Å². The molecule has 1 aliphatic heterocycles. The zero-order valence-corrected chi connectivity index (χ0v) is 10.9. The summed E-state index contributed by atoms with van der Waals surface area (Å²) >= 11 is 0. The number of nitrogens with two attached hydrogens (primary N) is 1. The third kappa shape index (κ3) is 10.7. The predicted molar refractivity (Wildman–Crippen MR) is 70.6 cm³/mol. The van der Waals surface area contributed by atoms with Crippen molar-refractivity contribution in [1.82, 2.24) is 4.90 Å². The molecule has 0 bridgehead atoms. The molecule has 0 aromatic rings. The van der Waals surface area contributed by atoms with E-state index >= 15 is 0 Å². The van der Waals surface area contributed by atoms with Gasteiger partial charge in [-0.2, -0.15) is 0 Å². The summed E-state index contributed by atoms with van der Waals surface area (Å²) in [5.74, 6) is 0. The standard InChI is InChI=1S/C7H16N2O.C4H11BO2/c8-3-6-9-4-1-7(10)2-5-9;1-2-3-4-5(6)7/h7,10H,1-6,8H2;6-7H,2-4H2,1H3. The zero-order valence-electron chi connectivity index (χ0n) is 10.9. The topological polar surface area (TPSA) is 90.0 Å². The number of aliphatic hydroxyl groups excluding tert-OH is 1. The van der Waals surface area contributed by atoms with Crippen LogP contribution in [0.15, 0.2) is 0 Å². The van der Waals surface area contributed by atoms with Crippen LogP contribution in [0.5, 0.6) is 0 Å². The summed E-state index contributed by atoms with van der Waals surface area (Å²) in [5.41, 5.74) is 5.39. The summed E-state index contributed by atoms with van der Waals surface area (Å²) < 4.78 is 0. The van der Waals surface area contributed by atoms with Crippen LogP contribution in [0.3, 0.4) is 0 Å². The average molecular weight is 246 g/mol. The van der Waals surface area contributed by atoms with Gasteiger partial charge < -0.3 is 25.8 Å². The van der Waals surface area contributed by atoms with E-state index in [0.717, 1.165) is 51.9 Å². The first-order valence-corrected chi connectivity index (χ1v) is 6.56. The van der Waals surface area contributed by atoms with Crippen LogP contribution in [-0.2, 0) is 0 Å². The summed E-state index contributed by atoms with van der Waals surface area (Å²) in [6.45, 7) is 5.75. The van der Waals surface area contributed by atoms with Crippen LogP contribution in [-0.4, -0.2) is 59.5 Å². The Balaban J connectivity index is 0.000000325. The molecular formula is C11H27BN2O3. The predicted octanol–water partition coefficient (Wildman–Crippen LogP) is -0.339. The lowest BCUT2D eigenvalue weighted by Gasteiger charge is -2.28. The van der Waals surface area contributed by atoms with Crippen LogP contribution in [0.1, 0.15) is 32.6 Å². The van der Waals surface area contributed by atoms with Crippen molar-refractivity contribution in [3.63, 3.8) is 0 Å². The molecule has 5 N–H and O–H groups in total. The summed E-state index contributed by atoms with van der Waals surface area (Å²) in [6.07, 6.45) is 4.21. The van der Waals surface area contributed by atoms with Gasteiger partial charge in [0, 0.05) is 26.2 Å². The van der Waals surface area contributed by atoms with Gasteiger partial charge in [-0.05, 0) is 19.2 Å². The molecule has 0 saturated carbocycles. The molecule has 1 fully saturated rings. The minimum atomic E-state index is -1.10. The Morgan fingerprint density at radius 2 is 1.88 bits per heavy atom. The molecule has 0 unspecified atom stereocenters. The van der Waals surface area contributed by atoms with Gasteiger partial charge in [-0.1, -0.05) is 19.8 Å². The number of nitrogens with zero attached hydrogens (tertiary/aromatic N) is 1. The Labute approximate surface area is 105 Å². The Morgan fingerprint density at radius 1 is 1.29 bits per heavy atom. The van der Waals surface area contributed by atoms with Gasteiger partial charge >= 0.3 is 7.12 Å². The highest BCUT2D eigenvalue weighted by Gasteiger charge is 2.15. The number of likely N-dealkylation sites (tertiary alicyclic amines) is 1. The van der Waals surface area contributed by atoms with E-state index in [2.05, 4.69) is 4.90 Å². The molecule has 1 heterocycles. The van der Waals surface area contributed by atoms with E-state index in [0.29, 0.717) is 6.32 Å². The fourth-order valence-electron chi connectivity index (χ4n) is 1.71. The summed E-state index contributed by atoms with van der Waals surface area (Å²) in [5, 5.41) is 25.6. The fraction of sp³-hybridized carbons (Fsp3) is 1.00. The lowest BCUT2D eigenvalue weighted by atomic mass is 9.84. The van der Waals surface area contributed by atoms with E-state index in [9.17, 15) is 0 Å². The quantitative estimate of drug-likeness (QED) is 0.498. The fourth-order valence-corrected chi connectivity index (χ4v) is 1.71. The first-order valence-electron chi connectivity index (χ1n) is 6.56. The van der Waals surface area contributed by atoms with E-state index in [1.807, 2.05) is 6.92 Å². The van der Waals surface area contributed by atoms with E-state index in [1.165, 1.54) is 0 Å². The van der Waals surface area contributed by atoms with Gasteiger partial charge in [0.1, 0.15) is 0 Å². The van der Waals surface area contributed by atoms with Crippen molar-refractivity contribution in [1.29, 1.82) is 0 Å². The highest BCUT2D eigenvalue weighted by Crippen LogP contribution is 2.08. The molecule has 1 aliphatic rings. The van der Waals surface area contributed by atoms with Crippen LogP contribution < -0.4 is 5.73 Å².